The number of nitrogens with zero attached hydrogens (tertiary/aromatic N) is 2. The highest BCUT2D eigenvalue weighted by Gasteiger charge is 2.10. The Labute approximate surface area is 78.8 Å². The standard InChI is InChI=1S/C11H12N2/c1-9(5-6-12)11-4-2-3-10(7-11)8-13/h4,7,9H,2-3,5H2,1H3. The van der Waals surface area contributed by atoms with Gasteiger partial charge in [0.05, 0.1) is 12.1 Å². The van der Waals surface area contributed by atoms with Crippen LogP contribution in [-0.2, 0) is 0 Å². The van der Waals surface area contributed by atoms with Crippen LogP contribution in [-0.4, -0.2) is 0 Å². The summed E-state index contributed by atoms with van der Waals surface area (Å²) in [6.45, 7) is 2.02. The predicted molar refractivity (Wildman–Crippen MR) is 50.4 cm³/mol. The number of hydrogen-bond donors (Lipinski definition) is 0. The number of nitriles is 2. The van der Waals surface area contributed by atoms with E-state index >= 15 is 0 Å². The van der Waals surface area contributed by atoms with Gasteiger partial charge in [-0.25, -0.2) is 0 Å². The third-order valence-corrected chi connectivity index (χ3v) is 2.24. The van der Waals surface area contributed by atoms with Gasteiger partial charge in [-0.2, -0.15) is 10.5 Å². The molecular formula is C11H12N2. The maximum Gasteiger partial charge on any atom is 0.0947 e. The molecule has 13 heavy (non-hydrogen) atoms. The monoisotopic (exact) mass is 172 g/mol. The van der Waals surface area contributed by atoms with Crippen molar-refractivity contribution in [2.75, 3.05) is 0 Å². The van der Waals surface area contributed by atoms with Crippen molar-refractivity contribution in [1.29, 1.82) is 10.5 Å². The van der Waals surface area contributed by atoms with E-state index < -0.39 is 0 Å². The van der Waals surface area contributed by atoms with Crippen LogP contribution in [0.1, 0.15) is 26.2 Å². The van der Waals surface area contributed by atoms with Crippen molar-refractivity contribution in [3.63, 3.8) is 0 Å². The van der Waals surface area contributed by atoms with E-state index in [4.69, 9.17) is 10.5 Å². The Morgan fingerprint density at radius 3 is 2.92 bits per heavy atom. The molecule has 0 amide bonds. The van der Waals surface area contributed by atoms with Gasteiger partial charge in [-0.3, -0.25) is 0 Å². The summed E-state index contributed by atoms with van der Waals surface area (Å²) in [6, 6.07) is 4.31. The minimum absolute atomic E-state index is 0.258. The summed E-state index contributed by atoms with van der Waals surface area (Å²) in [5, 5.41) is 17.2. The van der Waals surface area contributed by atoms with Crippen LogP contribution in [0.5, 0.6) is 0 Å². The molecule has 0 saturated carbocycles. The van der Waals surface area contributed by atoms with Crippen molar-refractivity contribution in [3.8, 4) is 12.1 Å². The van der Waals surface area contributed by atoms with E-state index in [0.29, 0.717) is 6.42 Å². The summed E-state index contributed by atoms with van der Waals surface area (Å²) in [5.74, 6) is 0.258. The van der Waals surface area contributed by atoms with Gasteiger partial charge in [0.25, 0.3) is 0 Å². The van der Waals surface area contributed by atoms with E-state index in [9.17, 15) is 0 Å². The predicted octanol–water partition coefficient (Wildman–Crippen LogP) is 2.71. The molecule has 1 aliphatic carbocycles. The molecule has 0 aliphatic heterocycles. The molecule has 0 aromatic carbocycles. The van der Waals surface area contributed by atoms with Crippen LogP contribution >= 0.6 is 0 Å². The van der Waals surface area contributed by atoms with Crippen LogP contribution < -0.4 is 0 Å². The zero-order valence-electron chi connectivity index (χ0n) is 7.75. The van der Waals surface area contributed by atoms with Gasteiger partial charge in [0.2, 0.25) is 0 Å². The zero-order chi connectivity index (χ0) is 9.68. The van der Waals surface area contributed by atoms with Crippen LogP contribution in [0.4, 0.5) is 0 Å². The van der Waals surface area contributed by atoms with Crippen molar-refractivity contribution in [2.24, 2.45) is 5.92 Å². The molecule has 0 aromatic heterocycles. The van der Waals surface area contributed by atoms with Gasteiger partial charge in [-0.1, -0.05) is 13.0 Å². The molecule has 0 fully saturated rings. The Morgan fingerprint density at radius 2 is 2.31 bits per heavy atom. The molecule has 1 unspecified atom stereocenters. The lowest BCUT2D eigenvalue weighted by Gasteiger charge is -2.13. The largest absolute Gasteiger partial charge is 0.198 e. The highest BCUT2D eigenvalue weighted by atomic mass is 14.3. The SMILES string of the molecule is CC(CC#N)C1=CCCC(C#N)=C1. The quantitative estimate of drug-likeness (QED) is 0.643. The highest BCUT2D eigenvalue weighted by Crippen LogP contribution is 2.24. The second-order valence-corrected chi connectivity index (χ2v) is 3.29. The lowest BCUT2D eigenvalue weighted by molar-refractivity contribution is 0.706. The summed E-state index contributed by atoms with van der Waals surface area (Å²) >= 11 is 0. The summed E-state index contributed by atoms with van der Waals surface area (Å²) in [7, 11) is 0. The molecule has 1 atom stereocenters. The average molecular weight is 172 g/mol. The molecule has 0 spiro atoms. The normalized spacial score (nSPS) is 17.8. The van der Waals surface area contributed by atoms with Crippen LogP contribution in [0.2, 0.25) is 0 Å². The number of hydrogen-bond acceptors (Lipinski definition) is 2. The van der Waals surface area contributed by atoms with Gasteiger partial charge in [0, 0.05) is 12.0 Å². The van der Waals surface area contributed by atoms with E-state index in [1.807, 2.05) is 13.0 Å². The smallest absolute Gasteiger partial charge is 0.0947 e. The van der Waals surface area contributed by atoms with Gasteiger partial charge < -0.3 is 0 Å². The molecule has 2 nitrogen and oxygen atoms in total. The molecule has 0 radical (unpaired) electrons. The molecule has 1 aliphatic rings. The Hall–Kier alpha value is -1.54. The zero-order valence-corrected chi connectivity index (χ0v) is 7.75. The minimum atomic E-state index is 0.258. The minimum Gasteiger partial charge on any atom is -0.198 e. The molecule has 0 saturated heterocycles. The van der Waals surface area contributed by atoms with Crippen molar-refractivity contribution in [1.82, 2.24) is 0 Å². The van der Waals surface area contributed by atoms with Crippen LogP contribution in [0.15, 0.2) is 23.3 Å². The third kappa shape index (κ3) is 2.46. The number of rotatable bonds is 2. The number of allylic oxidation sites excluding steroid dienone is 4. The first-order valence-electron chi connectivity index (χ1n) is 4.45. The van der Waals surface area contributed by atoms with Gasteiger partial charge in [0.1, 0.15) is 0 Å². The molecule has 0 N–H and O–H groups in total. The van der Waals surface area contributed by atoms with Gasteiger partial charge >= 0.3 is 0 Å². The Balaban J connectivity index is 2.73. The van der Waals surface area contributed by atoms with Crippen molar-refractivity contribution in [2.45, 2.75) is 26.2 Å². The van der Waals surface area contributed by atoms with E-state index in [2.05, 4.69) is 18.2 Å². The van der Waals surface area contributed by atoms with E-state index in [-0.39, 0.29) is 5.92 Å². The van der Waals surface area contributed by atoms with Crippen molar-refractivity contribution in [3.05, 3.63) is 23.3 Å². The summed E-state index contributed by atoms with van der Waals surface area (Å²) in [4.78, 5) is 0. The average Bonchev–Trinajstić information content (AvgIpc) is 2.18. The molecule has 0 bridgehead atoms. The molecule has 66 valence electrons. The molecule has 1 rings (SSSR count). The molecule has 2 heteroatoms. The van der Waals surface area contributed by atoms with Crippen LogP contribution in [0, 0.1) is 28.6 Å². The van der Waals surface area contributed by atoms with E-state index in [0.717, 1.165) is 24.0 Å². The summed E-state index contributed by atoms with van der Waals surface area (Å²) < 4.78 is 0. The van der Waals surface area contributed by atoms with Crippen molar-refractivity contribution < 1.29 is 0 Å². The molecular weight excluding hydrogens is 160 g/mol. The Bertz CT molecular complexity index is 323. The third-order valence-electron chi connectivity index (χ3n) is 2.24. The molecule has 0 aromatic rings. The maximum atomic E-state index is 8.71. The Kier molecular flexibility index (Phi) is 3.29. The topological polar surface area (TPSA) is 47.6 Å². The lowest BCUT2D eigenvalue weighted by Crippen LogP contribution is -2.00. The van der Waals surface area contributed by atoms with E-state index in [1.54, 1.807) is 0 Å². The maximum absolute atomic E-state index is 8.71. The molecule has 0 heterocycles. The van der Waals surface area contributed by atoms with Crippen LogP contribution in [0.3, 0.4) is 0 Å². The van der Waals surface area contributed by atoms with Gasteiger partial charge in [-0.15, -0.1) is 0 Å². The fraction of sp³-hybridized carbons (Fsp3) is 0.455. The lowest BCUT2D eigenvalue weighted by atomic mass is 9.90. The fourth-order valence-corrected chi connectivity index (χ4v) is 1.41. The summed E-state index contributed by atoms with van der Waals surface area (Å²) in [5.41, 5.74) is 1.98. The van der Waals surface area contributed by atoms with Crippen LogP contribution in [0.25, 0.3) is 0 Å². The summed E-state index contributed by atoms with van der Waals surface area (Å²) in [6.07, 6.45) is 6.36. The van der Waals surface area contributed by atoms with Gasteiger partial charge in [-0.05, 0) is 30.4 Å². The van der Waals surface area contributed by atoms with E-state index in [1.165, 1.54) is 0 Å². The second kappa shape index (κ2) is 4.48. The first-order chi connectivity index (χ1) is 6.27. The Morgan fingerprint density at radius 1 is 1.54 bits per heavy atom. The fourth-order valence-electron chi connectivity index (χ4n) is 1.41. The van der Waals surface area contributed by atoms with Crippen molar-refractivity contribution >= 4 is 0 Å². The highest BCUT2D eigenvalue weighted by molar-refractivity contribution is 5.36. The van der Waals surface area contributed by atoms with Gasteiger partial charge in [0.15, 0.2) is 0 Å². The first-order valence-corrected chi connectivity index (χ1v) is 4.45. The first kappa shape index (κ1) is 9.55. The second-order valence-electron chi connectivity index (χ2n) is 3.29.